The van der Waals surface area contributed by atoms with Gasteiger partial charge in [-0.2, -0.15) is 0 Å². The van der Waals surface area contributed by atoms with E-state index in [1.54, 1.807) is 0 Å². The Morgan fingerprint density at radius 1 is 0.455 bits per heavy atom. The third-order valence-electron chi connectivity index (χ3n) is 4.53. The molecule has 0 aliphatic carbocycles. The standard InChI is InChI=1S/C20H40F2/c1-2-3-4-5-6-7-8-9-10-11-12-13-14-15-16-17-18-19-20(21)22/h20H,2-19H2,1H3. The molecule has 0 nitrogen and oxygen atoms in total. The third-order valence-corrected chi connectivity index (χ3v) is 4.53. The first-order chi connectivity index (χ1) is 10.8. The molecule has 134 valence electrons. The fourth-order valence-electron chi connectivity index (χ4n) is 3.02. The molecule has 0 aromatic rings. The van der Waals surface area contributed by atoms with Crippen molar-refractivity contribution in [3.63, 3.8) is 0 Å². The van der Waals surface area contributed by atoms with Crippen LogP contribution in [-0.2, 0) is 0 Å². The second-order valence-corrected chi connectivity index (χ2v) is 6.84. The van der Waals surface area contributed by atoms with E-state index in [2.05, 4.69) is 6.92 Å². The van der Waals surface area contributed by atoms with Crippen LogP contribution in [-0.4, -0.2) is 6.43 Å². The molecule has 0 saturated heterocycles. The summed E-state index contributed by atoms with van der Waals surface area (Å²) < 4.78 is 23.9. The van der Waals surface area contributed by atoms with Crippen LogP contribution in [0.5, 0.6) is 0 Å². The smallest absolute Gasteiger partial charge is 0.211 e. The summed E-state index contributed by atoms with van der Waals surface area (Å²) in [5.74, 6) is 0. The van der Waals surface area contributed by atoms with Crippen LogP contribution in [0.1, 0.15) is 122 Å². The van der Waals surface area contributed by atoms with Crippen molar-refractivity contribution in [2.75, 3.05) is 0 Å². The minimum atomic E-state index is -2.10. The maximum atomic E-state index is 11.9. The van der Waals surface area contributed by atoms with E-state index in [4.69, 9.17) is 0 Å². The summed E-state index contributed by atoms with van der Waals surface area (Å²) in [6, 6.07) is 0. The van der Waals surface area contributed by atoms with Crippen molar-refractivity contribution in [2.45, 2.75) is 129 Å². The summed E-state index contributed by atoms with van der Waals surface area (Å²) in [6.07, 6.45) is 20.2. The van der Waals surface area contributed by atoms with Gasteiger partial charge in [-0.15, -0.1) is 0 Å². The topological polar surface area (TPSA) is 0 Å². The monoisotopic (exact) mass is 318 g/mol. The molecule has 0 saturated carbocycles. The van der Waals surface area contributed by atoms with Crippen molar-refractivity contribution in [3.05, 3.63) is 0 Å². The van der Waals surface area contributed by atoms with E-state index in [1.807, 2.05) is 0 Å². The Morgan fingerprint density at radius 2 is 0.727 bits per heavy atom. The van der Waals surface area contributed by atoms with E-state index < -0.39 is 6.43 Å². The Hall–Kier alpha value is -0.140. The van der Waals surface area contributed by atoms with Crippen LogP contribution < -0.4 is 0 Å². The van der Waals surface area contributed by atoms with Crippen LogP contribution in [0.25, 0.3) is 0 Å². The van der Waals surface area contributed by atoms with Gasteiger partial charge in [0, 0.05) is 6.42 Å². The Kier molecular flexibility index (Phi) is 18.8. The number of hydrogen-bond donors (Lipinski definition) is 0. The summed E-state index contributed by atoms with van der Waals surface area (Å²) in [7, 11) is 0. The molecule has 0 unspecified atom stereocenters. The van der Waals surface area contributed by atoms with Gasteiger partial charge in [0.05, 0.1) is 0 Å². The molecule has 0 aromatic carbocycles. The highest BCUT2D eigenvalue weighted by Crippen LogP contribution is 2.14. The fourth-order valence-corrected chi connectivity index (χ4v) is 3.02. The number of unbranched alkanes of at least 4 members (excludes halogenated alkanes) is 16. The molecule has 0 N–H and O–H groups in total. The average Bonchev–Trinajstić information content (AvgIpc) is 2.50. The molecule has 0 atom stereocenters. The number of hydrogen-bond acceptors (Lipinski definition) is 0. The van der Waals surface area contributed by atoms with Crippen molar-refractivity contribution in [2.24, 2.45) is 0 Å². The summed E-state index contributed by atoms with van der Waals surface area (Å²) in [6.45, 7) is 2.27. The van der Waals surface area contributed by atoms with E-state index in [0.717, 1.165) is 12.8 Å². The molecule has 2 heteroatoms. The van der Waals surface area contributed by atoms with Crippen molar-refractivity contribution in [1.29, 1.82) is 0 Å². The van der Waals surface area contributed by atoms with Gasteiger partial charge in [-0.05, 0) is 6.42 Å². The van der Waals surface area contributed by atoms with E-state index in [0.29, 0.717) is 6.42 Å². The number of rotatable bonds is 18. The van der Waals surface area contributed by atoms with Crippen LogP contribution in [0.2, 0.25) is 0 Å². The van der Waals surface area contributed by atoms with Crippen molar-refractivity contribution in [3.8, 4) is 0 Å². The van der Waals surface area contributed by atoms with Gasteiger partial charge in [0.2, 0.25) is 6.43 Å². The molecule has 0 bridgehead atoms. The fraction of sp³-hybridized carbons (Fsp3) is 1.00. The lowest BCUT2D eigenvalue weighted by atomic mass is 10.0. The molecule has 0 fully saturated rings. The van der Waals surface area contributed by atoms with Gasteiger partial charge in [-0.25, -0.2) is 8.78 Å². The van der Waals surface area contributed by atoms with Crippen LogP contribution in [0.15, 0.2) is 0 Å². The Balaban J connectivity index is 2.94. The van der Waals surface area contributed by atoms with Crippen LogP contribution in [0.3, 0.4) is 0 Å². The predicted molar refractivity (Wildman–Crippen MR) is 94.8 cm³/mol. The van der Waals surface area contributed by atoms with Crippen LogP contribution in [0, 0.1) is 0 Å². The third kappa shape index (κ3) is 19.9. The van der Waals surface area contributed by atoms with E-state index >= 15 is 0 Å². The molecule has 0 aliphatic rings. The minimum absolute atomic E-state index is 0.0958. The summed E-state index contributed by atoms with van der Waals surface area (Å²) >= 11 is 0. The normalized spacial score (nSPS) is 11.5. The lowest BCUT2D eigenvalue weighted by molar-refractivity contribution is 0.133. The van der Waals surface area contributed by atoms with Crippen molar-refractivity contribution < 1.29 is 8.78 Å². The molecule has 22 heavy (non-hydrogen) atoms. The van der Waals surface area contributed by atoms with E-state index in [-0.39, 0.29) is 6.42 Å². The summed E-state index contributed by atoms with van der Waals surface area (Å²) in [4.78, 5) is 0. The van der Waals surface area contributed by atoms with Gasteiger partial charge in [0.1, 0.15) is 0 Å². The first-order valence-electron chi connectivity index (χ1n) is 10.1. The highest BCUT2D eigenvalue weighted by molar-refractivity contribution is 4.50. The van der Waals surface area contributed by atoms with Crippen LogP contribution in [0.4, 0.5) is 8.78 Å². The van der Waals surface area contributed by atoms with Gasteiger partial charge < -0.3 is 0 Å². The quantitative estimate of drug-likeness (QED) is 0.223. The first-order valence-corrected chi connectivity index (χ1v) is 10.1. The second kappa shape index (κ2) is 18.9. The molecular formula is C20H40F2. The van der Waals surface area contributed by atoms with Gasteiger partial charge >= 0.3 is 0 Å². The van der Waals surface area contributed by atoms with E-state index in [1.165, 1.54) is 89.9 Å². The van der Waals surface area contributed by atoms with Crippen LogP contribution >= 0.6 is 0 Å². The Bertz CT molecular complexity index is 192. The second-order valence-electron chi connectivity index (χ2n) is 6.84. The minimum Gasteiger partial charge on any atom is -0.211 e. The van der Waals surface area contributed by atoms with Gasteiger partial charge in [-0.3, -0.25) is 0 Å². The van der Waals surface area contributed by atoms with Crippen molar-refractivity contribution >= 4 is 0 Å². The highest BCUT2D eigenvalue weighted by Gasteiger charge is 2.00. The zero-order valence-electron chi connectivity index (χ0n) is 15.1. The molecule has 0 rings (SSSR count). The SMILES string of the molecule is CCCCCCCCCCCCCCCCCCCC(F)F. The zero-order valence-corrected chi connectivity index (χ0v) is 15.1. The van der Waals surface area contributed by atoms with Gasteiger partial charge in [0.15, 0.2) is 0 Å². The lowest BCUT2D eigenvalue weighted by Gasteiger charge is -2.03. The van der Waals surface area contributed by atoms with Gasteiger partial charge in [0.25, 0.3) is 0 Å². The maximum Gasteiger partial charge on any atom is 0.238 e. The number of alkyl halides is 2. The van der Waals surface area contributed by atoms with Crippen molar-refractivity contribution in [1.82, 2.24) is 0 Å². The molecule has 0 heterocycles. The lowest BCUT2D eigenvalue weighted by Crippen LogP contribution is -1.89. The average molecular weight is 319 g/mol. The highest BCUT2D eigenvalue weighted by atomic mass is 19.3. The number of halogens is 2. The Labute approximate surface area is 138 Å². The van der Waals surface area contributed by atoms with Gasteiger partial charge in [-0.1, -0.05) is 110 Å². The molecule has 0 aromatic heterocycles. The molecule has 0 spiro atoms. The zero-order chi connectivity index (χ0) is 16.3. The Morgan fingerprint density at radius 3 is 1.00 bits per heavy atom. The maximum absolute atomic E-state index is 11.9. The predicted octanol–water partition coefficient (Wildman–Crippen LogP) is 8.29. The first kappa shape index (κ1) is 21.9. The largest absolute Gasteiger partial charge is 0.238 e. The molecule has 0 aliphatic heterocycles. The summed E-state index contributed by atoms with van der Waals surface area (Å²) in [5, 5.41) is 0. The molecule has 0 amide bonds. The van der Waals surface area contributed by atoms with E-state index in [9.17, 15) is 8.78 Å². The molecule has 0 radical (unpaired) electrons. The summed E-state index contributed by atoms with van der Waals surface area (Å²) in [5.41, 5.74) is 0. The molecular weight excluding hydrogens is 278 g/mol.